The molecule has 140 valence electrons. The van der Waals surface area contributed by atoms with Gasteiger partial charge in [-0.1, -0.05) is 0 Å². The zero-order chi connectivity index (χ0) is 19.7. The van der Waals surface area contributed by atoms with E-state index in [9.17, 15) is 34.5 Å². The van der Waals surface area contributed by atoms with Gasteiger partial charge in [0.05, 0.1) is 21.1 Å². The van der Waals surface area contributed by atoms with Crippen LogP contribution in [0.1, 0.15) is 19.3 Å². The Hall–Kier alpha value is -1.47. The first kappa shape index (κ1) is 28.3. The van der Waals surface area contributed by atoms with Crippen molar-refractivity contribution in [3.8, 4) is 0 Å². The average molecular weight is 376 g/mol. The number of quaternary nitrogens is 1. The molecule has 12 heteroatoms. The summed E-state index contributed by atoms with van der Waals surface area (Å²) in [5.41, 5.74) is -2.86. The molecule has 0 amide bonds. The molecule has 0 bridgehead atoms. The summed E-state index contributed by atoms with van der Waals surface area (Å²) in [6, 6.07) is 0. The Bertz CT molecular complexity index is 458. The van der Waals surface area contributed by atoms with E-state index in [1.165, 1.54) is 0 Å². The van der Waals surface area contributed by atoms with Gasteiger partial charge in [-0.25, -0.2) is 4.79 Å². The number of carboxylic acids is 4. The maximum absolute atomic E-state index is 10.3. The number of carboxylic acid groups (broad SMARTS) is 4. The van der Waals surface area contributed by atoms with Gasteiger partial charge in [0.1, 0.15) is 12.6 Å². The molecule has 0 aromatic carbocycles. The molecule has 0 aliphatic heterocycles. The first-order valence-corrected chi connectivity index (χ1v) is 6.63. The maximum Gasteiger partial charge on any atom is 2.00 e. The second-order valence-corrected chi connectivity index (χ2v) is 6.14. The van der Waals surface area contributed by atoms with E-state index >= 15 is 0 Å². The largest absolute Gasteiger partial charge is 2.00 e. The molecular formula is C13H21MgNO10. The zero-order valence-corrected chi connectivity index (χ0v) is 15.7. The van der Waals surface area contributed by atoms with Crippen molar-refractivity contribution in [2.45, 2.75) is 31.0 Å². The fourth-order valence-electron chi connectivity index (χ4n) is 1.58. The standard InChI is InChI=1S/C7H15NO3.C6H8O7.Mg/c1-8(2,3)5-6(9)4-7(10)11;7-3(8)1-6(13,5(11)12)2-4(9)10;/h6,9H,4-5H2,1-3H3;13H,1-2H2,(H,7,8)(H,9,10)(H,11,12);/q;;+2/p-2. The van der Waals surface area contributed by atoms with Crippen molar-refractivity contribution in [2.24, 2.45) is 0 Å². The molecule has 0 spiro atoms. The van der Waals surface area contributed by atoms with Gasteiger partial charge in [-0.05, 0) is 0 Å². The molecule has 1 atom stereocenters. The molecule has 0 rings (SSSR count). The van der Waals surface area contributed by atoms with Crippen LogP contribution < -0.4 is 15.3 Å². The number of aliphatic hydroxyl groups is 2. The number of carbonyl (C=O) groups is 4. The number of aliphatic hydroxyl groups excluding tert-OH is 1. The smallest absolute Gasteiger partial charge is 0.550 e. The van der Waals surface area contributed by atoms with Crippen LogP contribution >= 0.6 is 0 Å². The number of carbonyl (C=O) groups excluding carboxylic acids is 3. The summed E-state index contributed by atoms with van der Waals surface area (Å²) < 4.78 is 0.550. The van der Waals surface area contributed by atoms with Crippen molar-refractivity contribution >= 4 is 46.9 Å². The van der Waals surface area contributed by atoms with Crippen LogP contribution in [-0.4, -0.2) is 106 Å². The Morgan fingerprint density at radius 2 is 1.32 bits per heavy atom. The van der Waals surface area contributed by atoms with Crippen molar-refractivity contribution in [3.05, 3.63) is 0 Å². The Balaban J connectivity index is -0.000000377. The first-order valence-electron chi connectivity index (χ1n) is 6.63. The maximum atomic E-state index is 10.3. The minimum absolute atomic E-state index is 0. The van der Waals surface area contributed by atoms with Crippen LogP contribution in [0.5, 0.6) is 0 Å². The van der Waals surface area contributed by atoms with Crippen LogP contribution in [0.25, 0.3) is 0 Å². The third-order valence-electron chi connectivity index (χ3n) is 2.43. The van der Waals surface area contributed by atoms with Crippen molar-refractivity contribution in [1.29, 1.82) is 0 Å². The molecule has 0 saturated carbocycles. The topological polar surface area (TPSA) is 198 Å². The van der Waals surface area contributed by atoms with E-state index in [0.717, 1.165) is 0 Å². The first-order chi connectivity index (χ1) is 10.6. The molecule has 25 heavy (non-hydrogen) atoms. The van der Waals surface area contributed by atoms with E-state index < -0.39 is 48.4 Å². The molecular weight excluding hydrogens is 354 g/mol. The second kappa shape index (κ2) is 12.0. The number of likely N-dealkylation sites (N-methyl/N-ethyl adjacent to an activating group) is 1. The van der Waals surface area contributed by atoms with Gasteiger partial charge >= 0.3 is 29.0 Å². The van der Waals surface area contributed by atoms with Gasteiger partial charge in [-0.3, -0.25) is 0 Å². The van der Waals surface area contributed by atoms with Crippen LogP contribution in [-0.2, 0) is 19.2 Å². The Kier molecular flexibility index (Phi) is 13.6. The quantitative estimate of drug-likeness (QED) is 0.257. The number of rotatable bonds is 9. The predicted octanol–water partition coefficient (Wildman–Crippen LogP) is -6.11. The van der Waals surface area contributed by atoms with Crippen molar-refractivity contribution in [1.82, 2.24) is 0 Å². The molecule has 0 saturated heterocycles. The van der Waals surface area contributed by atoms with Gasteiger partial charge in [0.2, 0.25) is 0 Å². The van der Waals surface area contributed by atoms with Crippen LogP contribution in [0.3, 0.4) is 0 Å². The molecule has 0 fully saturated rings. The molecule has 0 aromatic rings. The summed E-state index contributed by atoms with van der Waals surface area (Å²) in [5, 5.41) is 56.3. The Morgan fingerprint density at radius 3 is 1.52 bits per heavy atom. The van der Waals surface area contributed by atoms with E-state index in [1.807, 2.05) is 21.1 Å². The third kappa shape index (κ3) is 17.1. The average Bonchev–Trinajstić information content (AvgIpc) is 2.22. The molecule has 0 radical (unpaired) electrons. The normalized spacial score (nSPS) is 12.0. The molecule has 0 aromatic heterocycles. The Labute approximate surface area is 160 Å². The number of hydrogen-bond acceptors (Lipinski definition) is 9. The molecule has 1 unspecified atom stereocenters. The fourth-order valence-corrected chi connectivity index (χ4v) is 1.58. The van der Waals surface area contributed by atoms with E-state index in [1.54, 1.807) is 0 Å². The van der Waals surface area contributed by atoms with E-state index in [-0.39, 0.29) is 29.5 Å². The van der Waals surface area contributed by atoms with Crippen LogP contribution in [0, 0.1) is 0 Å². The SMILES string of the molecule is C[N+](C)(C)CC(O)CC(=O)[O-].O=C([O-])CC(O)(CC(=O)[O-])C(=O)O.[Mg+2]. The van der Waals surface area contributed by atoms with E-state index in [0.29, 0.717) is 11.0 Å². The fraction of sp³-hybridized carbons (Fsp3) is 0.692. The number of aliphatic carboxylic acids is 4. The molecule has 0 heterocycles. The summed E-state index contributed by atoms with van der Waals surface area (Å²) in [5.74, 6) is -6.86. The van der Waals surface area contributed by atoms with Crippen LogP contribution in [0.4, 0.5) is 0 Å². The van der Waals surface area contributed by atoms with E-state index in [4.69, 9.17) is 15.3 Å². The summed E-state index contributed by atoms with van der Waals surface area (Å²) in [4.78, 5) is 40.2. The summed E-state index contributed by atoms with van der Waals surface area (Å²) in [7, 11) is 5.66. The van der Waals surface area contributed by atoms with Gasteiger partial charge in [-0.2, -0.15) is 0 Å². The molecule has 3 N–H and O–H groups in total. The number of hydrogen-bond donors (Lipinski definition) is 3. The second-order valence-electron chi connectivity index (χ2n) is 6.14. The van der Waals surface area contributed by atoms with Crippen LogP contribution in [0.15, 0.2) is 0 Å². The van der Waals surface area contributed by atoms with Crippen molar-refractivity contribution in [3.63, 3.8) is 0 Å². The van der Waals surface area contributed by atoms with E-state index in [2.05, 4.69) is 0 Å². The van der Waals surface area contributed by atoms with Gasteiger partial charge in [0, 0.05) is 37.2 Å². The third-order valence-corrected chi connectivity index (χ3v) is 2.43. The Morgan fingerprint density at radius 1 is 0.960 bits per heavy atom. The predicted molar refractivity (Wildman–Crippen MR) is 76.1 cm³/mol. The summed E-state index contributed by atoms with van der Waals surface area (Å²) in [6.45, 7) is 0.425. The molecule has 0 aliphatic carbocycles. The number of nitrogens with zero attached hydrogens (tertiary/aromatic N) is 1. The van der Waals surface area contributed by atoms with Gasteiger partial charge in [-0.15, -0.1) is 0 Å². The summed E-state index contributed by atoms with van der Waals surface area (Å²) in [6.07, 6.45) is -3.68. The molecule has 11 nitrogen and oxygen atoms in total. The van der Waals surface area contributed by atoms with Crippen LogP contribution in [0.2, 0.25) is 0 Å². The van der Waals surface area contributed by atoms with Gasteiger partial charge in [0.25, 0.3) is 0 Å². The van der Waals surface area contributed by atoms with Gasteiger partial charge in [0.15, 0.2) is 5.60 Å². The zero-order valence-electron chi connectivity index (χ0n) is 14.3. The minimum Gasteiger partial charge on any atom is -0.550 e. The monoisotopic (exact) mass is 375 g/mol. The molecule has 0 aliphatic rings. The van der Waals surface area contributed by atoms with Crippen molar-refractivity contribution in [2.75, 3.05) is 27.7 Å². The van der Waals surface area contributed by atoms with Gasteiger partial charge < -0.3 is 49.5 Å². The summed E-state index contributed by atoms with van der Waals surface area (Å²) >= 11 is 0. The minimum atomic E-state index is -2.86. The van der Waals surface area contributed by atoms with Crippen molar-refractivity contribution < 1.29 is 54.3 Å².